The molecule has 0 aliphatic heterocycles. The van der Waals surface area contributed by atoms with E-state index in [0.29, 0.717) is 12.3 Å². The number of nitrogens with two attached hydrogens (primary N) is 1. The first-order valence-electron chi connectivity index (χ1n) is 10.7. The number of rotatable bonds is 11. The van der Waals surface area contributed by atoms with Gasteiger partial charge < -0.3 is 21.1 Å². The molecule has 0 aliphatic rings. The lowest BCUT2D eigenvalue weighted by molar-refractivity contribution is -0.119. The molecular weight excluding hydrogens is 404 g/mol. The Hall–Kier alpha value is -3.81. The number of aliphatic imine (C=N–C) groups is 1. The van der Waals surface area contributed by atoms with Gasteiger partial charge in [-0.15, -0.1) is 0 Å². The molecule has 32 heavy (non-hydrogen) atoms. The molecule has 0 fully saturated rings. The summed E-state index contributed by atoms with van der Waals surface area (Å²) in [7, 11) is 0. The number of hydrogen-bond donors (Lipinski definition) is 3. The van der Waals surface area contributed by atoms with E-state index in [2.05, 4.69) is 27.9 Å². The van der Waals surface area contributed by atoms with Gasteiger partial charge in [-0.1, -0.05) is 36.4 Å². The molecule has 1 amide bonds. The van der Waals surface area contributed by atoms with Crippen LogP contribution in [-0.4, -0.2) is 41.3 Å². The van der Waals surface area contributed by atoms with Gasteiger partial charge in [-0.25, -0.2) is 4.99 Å². The van der Waals surface area contributed by atoms with Crippen LogP contribution in [0.1, 0.15) is 23.6 Å². The third-order valence-corrected chi connectivity index (χ3v) is 4.77. The summed E-state index contributed by atoms with van der Waals surface area (Å²) in [6.07, 6.45) is 4.58. The van der Waals surface area contributed by atoms with E-state index in [1.54, 1.807) is 6.20 Å². The van der Waals surface area contributed by atoms with Crippen molar-refractivity contribution in [1.82, 2.24) is 20.4 Å². The highest BCUT2D eigenvalue weighted by Gasteiger charge is 2.04. The lowest BCUT2D eigenvalue weighted by Crippen LogP contribution is -2.38. The summed E-state index contributed by atoms with van der Waals surface area (Å²) in [5.74, 6) is 0.921. The van der Waals surface area contributed by atoms with E-state index in [4.69, 9.17) is 15.5 Å². The van der Waals surface area contributed by atoms with Crippen LogP contribution in [0.2, 0.25) is 0 Å². The predicted octanol–water partition coefficient (Wildman–Crippen LogP) is 2.09. The molecule has 0 saturated carbocycles. The summed E-state index contributed by atoms with van der Waals surface area (Å²) in [4.78, 5) is 15.6. The number of aromatic nitrogens is 2. The van der Waals surface area contributed by atoms with Gasteiger partial charge in [0.2, 0.25) is 0 Å². The molecule has 2 aromatic carbocycles. The van der Waals surface area contributed by atoms with Gasteiger partial charge in [-0.3, -0.25) is 9.48 Å². The second kappa shape index (κ2) is 12.1. The summed E-state index contributed by atoms with van der Waals surface area (Å²) in [6, 6.07) is 17.9. The maximum absolute atomic E-state index is 10.8. The van der Waals surface area contributed by atoms with E-state index < -0.39 is 5.91 Å². The van der Waals surface area contributed by atoms with Crippen LogP contribution < -0.4 is 21.1 Å². The van der Waals surface area contributed by atoms with Gasteiger partial charge in [0.25, 0.3) is 5.91 Å². The number of hydrogen-bond acceptors (Lipinski definition) is 4. The zero-order valence-electron chi connectivity index (χ0n) is 18.3. The molecule has 0 unspecified atom stereocenters. The van der Waals surface area contributed by atoms with Crippen molar-refractivity contribution in [3.63, 3.8) is 0 Å². The second-order valence-corrected chi connectivity index (χ2v) is 7.24. The minimum absolute atomic E-state index is 0.117. The lowest BCUT2D eigenvalue weighted by atomic mass is 10.1. The number of primary amides is 1. The number of guanidine groups is 1. The molecular formula is C24H30N6O2. The average molecular weight is 435 g/mol. The molecule has 168 valence electrons. The summed E-state index contributed by atoms with van der Waals surface area (Å²) < 4.78 is 7.20. The average Bonchev–Trinajstić information content (AvgIpc) is 3.31. The van der Waals surface area contributed by atoms with Crippen LogP contribution in [0.4, 0.5) is 0 Å². The van der Waals surface area contributed by atoms with E-state index in [0.717, 1.165) is 37.6 Å². The molecule has 3 aromatic rings. The van der Waals surface area contributed by atoms with Gasteiger partial charge in [-0.05, 0) is 48.2 Å². The van der Waals surface area contributed by atoms with Gasteiger partial charge in [-0.2, -0.15) is 5.10 Å². The first-order chi connectivity index (χ1) is 15.6. The fraction of sp³-hybridized carbons (Fsp3) is 0.292. The number of carbonyl (C=O) groups excluding carboxylic acids is 1. The van der Waals surface area contributed by atoms with Crippen molar-refractivity contribution >= 4 is 11.9 Å². The smallest absolute Gasteiger partial charge is 0.255 e. The number of nitrogens with one attached hydrogen (secondary N) is 2. The van der Waals surface area contributed by atoms with Crippen LogP contribution in [0.5, 0.6) is 5.75 Å². The Morgan fingerprint density at radius 2 is 1.88 bits per heavy atom. The monoisotopic (exact) mass is 434 g/mol. The Morgan fingerprint density at radius 1 is 1.09 bits per heavy atom. The first-order valence-corrected chi connectivity index (χ1v) is 10.7. The summed E-state index contributed by atoms with van der Waals surface area (Å²) >= 11 is 0. The standard InChI is InChI=1S/C24H30N6O2/c1-2-26-24(27-14-12-19-8-10-22(11-9-19)32-18-23(25)31)28-16-20-6-3-4-7-21(20)17-30-15-5-13-29-30/h3-11,13,15H,2,12,14,16-18H2,1H3,(H2,25,31)(H2,26,27,28). The molecule has 0 atom stereocenters. The van der Waals surface area contributed by atoms with Crippen LogP contribution in [0.15, 0.2) is 72.0 Å². The number of amides is 1. The maximum Gasteiger partial charge on any atom is 0.255 e. The van der Waals surface area contributed by atoms with E-state index in [1.807, 2.05) is 60.3 Å². The Bertz CT molecular complexity index is 1000. The number of benzene rings is 2. The summed E-state index contributed by atoms with van der Waals surface area (Å²) in [6.45, 7) is 4.76. The number of ether oxygens (including phenoxy) is 1. The second-order valence-electron chi connectivity index (χ2n) is 7.24. The topological polar surface area (TPSA) is 107 Å². The van der Waals surface area contributed by atoms with Gasteiger partial charge in [0, 0.05) is 25.5 Å². The van der Waals surface area contributed by atoms with E-state index >= 15 is 0 Å². The van der Waals surface area contributed by atoms with Crippen LogP contribution in [0.25, 0.3) is 0 Å². The Labute approximate surface area is 188 Å². The van der Waals surface area contributed by atoms with Gasteiger partial charge in [0.05, 0.1) is 13.1 Å². The molecule has 8 nitrogen and oxygen atoms in total. The minimum atomic E-state index is -0.488. The fourth-order valence-electron chi connectivity index (χ4n) is 3.17. The van der Waals surface area contributed by atoms with Gasteiger partial charge in [0.1, 0.15) is 5.75 Å². The number of carbonyl (C=O) groups is 1. The van der Waals surface area contributed by atoms with Gasteiger partial charge >= 0.3 is 0 Å². The highest BCUT2D eigenvalue weighted by atomic mass is 16.5. The molecule has 0 saturated heterocycles. The van der Waals surface area contributed by atoms with Crippen molar-refractivity contribution in [3.05, 3.63) is 83.7 Å². The zero-order valence-corrected chi connectivity index (χ0v) is 18.3. The molecule has 1 heterocycles. The van der Waals surface area contributed by atoms with Crippen molar-refractivity contribution < 1.29 is 9.53 Å². The quantitative estimate of drug-likeness (QED) is 0.317. The van der Waals surface area contributed by atoms with Crippen LogP contribution in [-0.2, 0) is 24.3 Å². The minimum Gasteiger partial charge on any atom is -0.484 e. The van der Waals surface area contributed by atoms with Crippen LogP contribution in [0.3, 0.4) is 0 Å². The molecule has 8 heteroatoms. The van der Waals surface area contributed by atoms with Crippen molar-refractivity contribution in [3.8, 4) is 5.75 Å². The van der Waals surface area contributed by atoms with E-state index in [1.165, 1.54) is 11.1 Å². The van der Waals surface area contributed by atoms with E-state index in [-0.39, 0.29) is 6.61 Å². The van der Waals surface area contributed by atoms with E-state index in [9.17, 15) is 4.79 Å². The fourth-order valence-corrected chi connectivity index (χ4v) is 3.17. The largest absolute Gasteiger partial charge is 0.484 e. The molecule has 0 aliphatic carbocycles. The molecule has 0 spiro atoms. The Balaban J connectivity index is 1.54. The third kappa shape index (κ3) is 7.46. The maximum atomic E-state index is 10.8. The SMILES string of the molecule is CCNC(=NCc1ccccc1Cn1cccn1)NCCc1ccc(OCC(N)=O)cc1. The highest BCUT2D eigenvalue weighted by molar-refractivity contribution is 5.79. The molecule has 4 N–H and O–H groups in total. The third-order valence-electron chi connectivity index (χ3n) is 4.77. The van der Waals surface area contributed by atoms with Crippen LogP contribution >= 0.6 is 0 Å². The molecule has 3 rings (SSSR count). The Kier molecular flexibility index (Phi) is 8.68. The predicted molar refractivity (Wildman–Crippen MR) is 125 cm³/mol. The molecule has 1 aromatic heterocycles. The summed E-state index contributed by atoms with van der Waals surface area (Å²) in [5.41, 5.74) is 8.63. The van der Waals surface area contributed by atoms with Crippen LogP contribution in [0, 0.1) is 0 Å². The summed E-state index contributed by atoms with van der Waals surface area (Å²) in [5, 5.41) is 11.0. The molecule has 0 bridgehead atoms. The van der Waals surface area contributed by atoms with Gasteiger partial charge in [0.15, 0.2) is 12.6 Å². The molecule has 0 radical (unpaired) electrons. The van der Waals surface area contributed by atoms with Crippen molar-refractivity contribution in [2.45, 2.75) is 26.4 Å². The highest BCUT2D eigenvalue weighted by Crippen LogP contribution is 2.13. The van der Waals surface area contributed by atoms with Crippen molar-refractivity contribution in [2.24, 2.45) is 10.7 Å². The number of nitrogens with zero attached hydrogens (tertiary/aromatic N) is 3. The van der Waals surface area contributed by atoms with Crippen molar-refractivity contribution in [1.29, 1.82) is 0 Å². The van der Waals surface area contributed by atoms with Crippen molar-refractivity contribution in [2.75, 3.05) is 19.7 Å². The lowest BCUT2D eigenvalue weighted by Gasteiger charge is -2.13. The Morgan fingerprint density at radius 3 is 2.56 bits per heavy atom. The first kappa shape index (κ1) is 22.9. The zero-order chi connectivity index (χ0) is 22.6. The normalized spacial score (nSPS) is 11.2.